The van der Waals surface area contributed by atoms with Gasteiger partial charge in [-0.05, 0) is 24.5 Å². The van der Waals surface area contributed by atoms with E-state index < -0.39 is 0 Å². The van der Waals surface area contributed by atoms with E-state index in [1.54, 1.807) is 0 Å². The van der Waals surface area contributed by atoms with Crippen LogP contribution in [0.25, 0.3) is 5.57 Å². The lowest BCUT2D eigenvalue weighted by molar-refractivity contribution is 0.371. The lowest BCUT2D eigenvalue weighted by Crippen LogP contribution is -2.43. The molecule has 3 rings (SSSR count). The molecular formula is C18H23IN4O. The molecule has 0 aliphatic carbocycles. The van der Waals surface area contributed by atoms with Gasteiger partial charge in [0.2, 0.25) is 0 Å². The maximum Gasteiger partial charge on any atom is 0.194 e. The number of rotatable bonds is 3. The summed E-state index contributed by atoms with van der Waals surface area (Å²) in [4.78, 5) is 6.62. The first-order valence-electron chi connectivity index (χ1n) is 7.88. The van der Waals surface area contributed by atoms with Crippen LogP contribution in [0.4, 0.5) is 0 Å². The van der Waals surface area contributed by atoms with E-state index in [9.17, 15) is 0 Å². The van der Waals surface area contributed by atoms with Gasteiger partial charge in [0, 0.05) is 26.2 Å². The lowest BCUT2D eigenvalue weighted by atomic mass is 10.00. The molecule has 0 radical (unpaired) electrons. The molecule has 2 aromatic rings. The van der Waals surface area contributed by atoms with Gasteiger partial charge < -0.3 is 14.7 Å². The lowest BCUT2D eigenvalue weighted by Gasteiger charge is -2.29. The van der Waals surface area contributed by atoms with Crippen LogP contribution in [-0.4, -0.2) is 36.2 Å². The van der Waals surface area contributed by atoms with Crippen molar-refractivity contribution in [3.05, 3.63) is 59.5 Å². The summed E-state index contributed by atoms with van der Waals surface area (Å²) < 4.78 is 5.22. The highest BCUT2D eigenvalue weighted by molar-refractivity contribution is 14.0. The molecule has 1 aliphatic rings. The van der Waals surface area contributed by atoms with Crippen molar-refractivity contribution in [1.82, 2.24) is 15.4 Å². The molecule has 2 heterocycles. The van der Waals surface area contributed by atoms with E-state index in [1.807, 2.05) is 20.0 Å². The number of benzene rings is 1. The van der Waals surface area contributed by atoms with Crippen molar-refractivity contribution in [2.45, 2.75) is 19.9 Å². The van der Waals surface area contributed by atoms with Crippen LogP contribution in [0.2, 0.25) is 0 Å². The SMILES string of the molecule is CN=C(NCc1cc(C)no1)N1CC=C(c2ccccc2)CC1.I. The molecular weight excluding hydrogens is 415 g/mol. The second kappa shape index (κ2) is 8.86. The number of nitrogens with zero attached hydrogens (tertiary/aromatic N) is 3. The summed E-state index contributed by atoms with van der Waals surface area (Å²) in [5, 5.41) is 7.23. The molecule has 0 atom stereocenters. The van der Waals surface area contributed by atoms with Gasteiger partial charge in [0.1, 0.15) is 0 Å². The van der Waals surface area contributed by atoms with E-state index in [0.29, 0.717) is 6.54 Å². The number of aliphatic imine (C=N–C) groups is 1. The molecule has 1 N–H and O–H groups in total. The first kappa shape index (κ1) is 18.5. The van der Waals surface area contributed by atoms with Gasteiger partial charge in [0.05, 0.1) is 12.2 Å². The molecule has 0 unspecified atom stereocenters. The number of aryl methyl sites for hydroxylation is 1. The topological polar surface area (TPSA) is 53.7 Å². The Hall–Kier alpha value is -1.83. The van der Waals surface area contributed by atoms with E-state index in [-0.39, 0.29) is 24.0 Å². The molecule has 1 aromatic heterocycles. The van der Waals surface area contributed by atoms with Gasteiger partial charge in [0.25, 0.3) is 0 Å². The van der Waals surface area contributed by atoms with Crippen molar-refractivity contribution in [2.24, 2.45) is 4.99 Å². The number of hydrogen-bond donors (Lipinski definition) is 1. The highest BCUT2D eigenvalue weighted by atomic mass is 127. The second-order valence-electron chi connectivity index (χ2n) is 5.63. The Labute approximate surface area is 159 Å². The van der Waals surface area contributed by atoms with Gasteiger partial charge in [-0.25, -0.2) is 0 Å². The minimum Gasteiger partial charge on any atom is -0.359 e. The van der Waals surface area contributed by atoms with Crippen LogP contribution in [0, 0.1) is 6.92 Å². The van der Waals surface area contributed by atoms with Crippen LogP contribution >= 0.6 is 24.0 Å². The predicted octanol–water partition coefficient (Wildman–Crippen LogP) is 3.47. The quantitative estimate of drug-likeness (QED) is 0.453. The number of halogens is 1. The van der Waals surface area contributed by atoms with Gasteiger partial charge in [0.15, 0.2) is 11.7 Å². The largest absolute Gasteiger partial charge is 0.359 e. The predicted molar refractivity (Wildman–Crippen MR) is 107 cm³/mol. The molecule has 0 amide bonds. The maximum absolute atomic E-state index is 5.22. The first-order chi connectivity index (χ1) is 11.3. The molecule has 128 valence electrons. The standard InChI is InChI=1S/C18H22N4O.HI/c1-14-12-17(23-21-14)13-20-18(19-2)22-10-8-16(9-11-22)15-6-4-3-5-7-15;/h3-8,12H,9-11,13H2,1-2H3,(H,19,20);1H. The average Bonchev–Trinajstić information content (AvgIpc) is 3.02. The van der Waals surface area contributed by atoms with Crippen molar-refractivity contribution in [2.75, 3.05) is 20.1 Å². The van der Waals surface area contributed by atoms with Crippen molar-refractivity contribution in [3.8, 4) is 0 Å². The Morgan fingerprint density at radius 1 is 1.33 bits per heavy atom. The van der Waals surface area contributed by atoms with Crippen LogP contribution < -0.4 is 5.32 Å². The van der Waals surface area contributed by atoms with Gasteiger partial charge >= 0.3 is 0 Å². The summed E-state index contributed by atoms with van der Waals surface area (Å²) in [6.45, 7) is 4.33. The normalized spacial score (nSPS) is 14.8. The van der Waals surface area contributed by atoms with Crippen LogP contribution in [-0.2, 0) is 6.54 Å². The second-order valence-corrected chi connectivity index (χ2v) is 5.63. The van der Waals surface area contributed by atoms with Crippen molar-refractivity contribution < 1.29 is 4.52 Å². The third-order valence-electron chi connectivity index (χ3n) is 3.96. The van der Waals surface area contributed by atoms with Gasteiger partial charge in [-0.3, -0.25) is 4.99 Å². The Bertz CT molecular complexity index is 709. The zero-order chi connectivity index (χ0) is 16.1. The van der Waals surface area contributed by atoms with E-state index in [2.05, 4.69) is 56.8 Å². The Balaban J connectivity index is 0.00000208. The zero-order valence-electron chi connectivity index (χ0n) is 14.0. The highest BCUT2D eigenvalue weighted by Crippen LogP contribution is 2.21. The molecule has 6 heteroatoms. The summed E-state index contributed by atoms with van der Waals surface area (Å²) in [5.41, 5.74) is 3.61. The molecule has 5 nitrogen and oxygen atoms in total. The summed E-state index contributed by atoms with van der Waals surface area (Å²) in [6, 6.07) is 12.5. The third-order valence-corrected chi connectivity index (χ3v) is 3.96. The van der Waals surface area contributed by atoms with Crippen molar-refractivity contribution >= 4 is 35.5 Å². The summed E-state index contributed by atoms with van der Waals surface area (Å²) in [7, 11) is 1.81. The summed E-state index contributed by atoms with van der Waals surface area (Å²) in [6.07, 6.45) is 3.30. The van der Waals surface area contributed by atoms with Crippen molar-refractivity contribution in [3.63, 3.8) is 0 Å². The zero-order valence-corrected chi connectivity index (χ0v) is 16.4. The number of aromatic nitrogens is 1. The summed E-state index contributed by atoms with van der Waals surface area (Å²) in [5.74, 6) is 1.71. The third kappa shape index (κ3) is 4.59. The van der Waals surface area contributed by atoms with Crippen LogP contribution in [0.3, 0.4) is 0 Å². The molecule has 0 bridgehead atoms. The van der Waals surface area contributed by atoms with E-state index in [4.69, 9.17) is 4.52 Å². The minimum atomic E-state index is 0. The monoisotopic (exact) mass is 438 g/mol. The van der Waals surface area contributed by atoms with E-state index in [1.165, 1.54) is 11.1 Å². The Morgan fingerprint density at radius 3 is 2.71 bits per heavy atom. The molecule has 1 aromatic carbocycles. The molecule has 0 spiro atoms. The Morgan fingerprint density at radius 2 is 2.12 bits per heavy atom. The van der Waals surface area contributed by atoms with E-state index in [0.717, 1.165) is 36.9 Å². The minimum absolute atomic E-state index is 0. The molecule has 0 saturated carbocycles. The van der Waals surface area contributed by atoms with Crippen LogP contribution in [0.5, 0.6) is 0 Å². The van der Waals surface area contributed by atoms with Gasteiger partial charge in [-0.2, -0.15) is 0 Å². The smallest absolute Gasteiger partial charge is 0.194 e. The summed E-state index contributed by atoms with van der Waals surface area (Å²) >= 11 is 0. The van der Waals surface area contributed by atoms with Crippen molar-refractivity contribution in [1.29, 1.82) is 0 Å². The highest BCUT2D eigenvalue weighted by Gasteiger charge is 2.16. The molecule has 0 fully saturated rings. The molecule has 0 saturated heterocycles. The number of hydrogen-bond acceptors (Lipinski definition) is 3. The number of guanidine groups is 1. The van der Waals surface area contributed by atoms with E-state index >= 15 is 0 Å². The van der Waals surface area contributed by atoms with Gasteiger partial charge in [-0.15, -0.1) is 24.0 Å². The molecule has 24 heavy (non-hydrogen) atoms. The first-order valence-corrected chi connectivity index (χ1v) is 7.88. The molecule has 1 aliphatic heterocycles. The number of nitrogens with one attached hydrogen (secondary N) is 1. The fourth-order valence-electron chi connectivity index (χ4n) is 2.77. The maximum atomic E-state index is 5.22. The van der Waals surface area contributed by atoms with Crippen LogP contribution in [0.15, 0.2) is 52.0 Å². The Kier molecular flexibility index (Phi) is 6.84. The fourth-order valence-corrected chi connectivity index (χ4v) is 2.77. The average molecular weight is 438 g/mol. The van der Waals surface area contributed by atoms with Gasteiger partial charge in [-0.1, -0.05) is 41.6 Å². The van der Waals surface area contributed by atoms with Crippen LogP contribution in [0.1, 0.15) is 23.4 Å². The fraction of sp³-hybridized carbons (Fsp3) is 0.333.